The van der Waals surface area contributed by atoms with E-state index < -0.39 is 0 Å². The standard InChI is InChI=1S/C12H25N/c1-3-7-11-10-12(11)8-5-4-6-9-13-2/h11-13H,3-10H2,1-2H3. The highest BCUT2D eigenvalue weighted by Gasteiger charge is 2.34. The van der Waals surface area contributed by atoms with Crippen molar-refractivity contribution in [3.05, 3.63) is 0 Å². The summed E-state index contributed by atoms with van der Waals surface area (Å²) in [6.07, 6.45) is 10.2. The maximum Gasteiger partial charge on any atom is -0.00519 e. The molecule has 1 nitrogen and oxygen atoms in total. The lowest BCUT2D eigenvalue weighted by Crippen LogP contribution is -2.06. The van der Waals surface area contributed by atoms with Crippen LogP contribution in [0.3, 0.4) is 0 Å². The van der Waals surface area contributed by atoms with Gasteiger partial charge in [0, 0.05) is 0 Å². The van der Waals surface area contributed by atoms with Crippen LogP contribution in [0.2, 0.25) is 0 Å². The molecule has 0 bridgehead atoms. The normalized spacial score (nSPS) is 26.3. The molecule has 0 aliphatic heterocycles. The Morgan fingerprint density at radius 1 is 1.08 bits per heavy atom. The molecule has 1 aliphatic carbocycles. The lowest BCUT2D eigenvalue weighted by molar-refractivity contribution is 0.546. The lowest BCUT2D eigenvalue weighted by atomic mass is 10.1. The van der Waals surface area contributed by atoms with Crippen molar-refractivity contribution in [2.75, 3.05) is 13.6 Å². The van der Waals surface area contributed by atoms with Crippen molar-refractivity contribution < 1.29 is 0 Å². The lowest BCUT2D eigenvalue weighted by Gasteiger charge is -2.00. The molecule has 0 amide bonds. The predicted octanol–water partition coefficient (Wildman–Crippen LogP) is 3.20. The molecule has 0 radical (unpaired) electrons. The average molecular weight is 183 g/mol. The molecule has 0 heterocycles. The number of rotatable bonds is 8. The summed E-state index contributed by atoms with van der Waals surface area (Å²) in [5.74, 6) is 2.24. The molecule has 0 spiro atoms. The van der Waals surface area contributed by atoms with Crippen LogP contribution in [0.5, 0.6) is 0 Å². The molecule has 1 rings (SSSR count). The fraction of sp³-hybridized carbons (Fsp3) is 1.00. The fourth-order valence-electron chi connectivity index (χ4n) is 2.27. The van der Waals surface area contributed by atoms with Gasteiger partial charge in [-0.05, 0) is 38.3 Å². The monoisotopic (exact) mass is 183 g/mol. The summed E-state index contributed by atoms with van der Waals surface area (Å²) >= 11 is 0. The van der Waals surface area contributed by atoms with Crippen molar-refractivity contribution in [3.8, 4) is 0 Å². The first kappa shape index (κ1) is 11.0. The summed E-state index contributed by atoms with van der Waals surface area (Å²) < 4.78 is 0. The number of hydrogen-bond acceptors (Lipinski definition) is 1. The predicted molar refractivity (Wildman–Crippen MR) is 58.9 cm³/mol. The number of unbranched alkanes of at least 4 members (excludes halogenated alkanes) is 2. The van der Waals surface area contributed by atoms with Crippen LogP contribution >= 0.6 is 0 Å². The topological polar surface area (TPSA) is 12.0 Å². The van der Waals surface area contributed by atoms with E-state index >= 15 is 0 Å². The second-order valence-electron chi connectivity index (χ2n) is 4.50. The van der Waals surface area contributed by atoms with Gasteiger partial charge in [-0.15, -0.1) is 0 Å². The molecule has 1 heteroatoms. The molecular weight excluding hydrogens is 158 g/mol. The summed E-state index contributed by atoms with van der Waals surface area (Å²) in [6.45, 7) is 3.51. The van der Waals surface area contributed by atoms with E-state index in [-0.39, 0.29) is 0 Å². The first-order chi connectivity index (χ1) is 6.38. The zero-order valence-corrected chi connectivity index (χ0v) is 9.31. The van der Waals surface area contributed by atoms with Gasteiger partial charge in [0.25, 0.3) is 0 Å². The van der Waals surface area contributed by atoms with Gasteiger partial charge in [-0.1, -0.05) is 39.0 Å². The Morgan fingerprint density at radius 3 is 2.54 bits per heavy atom. The second kappa shape index (κ2) is 6.42. The Hall–Kier alpha value is -0.0400. The van der Waals surface area contributed by atoms with E-state index in [0.29, 0.717) is 0 Å². The molecule has 1 saturated carbocycles. The van der Waals surface area contributed by atoms with E-state index in [1.807, 2.05) is 7.05 Å². The van der Waals surface area contributed by atoms with Gasteiger partial charge in [0.05, 0.1) is 0 Å². The fourth-order valence-corrected chi connectivity index (χ4v) is 2.27. The van der Waals surface area contributed by atoms with Gasteiger partial charge in [-0.3, -0.25) is 0 Å². The molecule has 0 aromatic rings. The Kier molecular flexibility index (Phi) is 5.45. The summed E-state index contributed by atoms with van der Waals surface area (Å²) in [6, 6.07) is 0. The molecule has 1 aliphatic rings. The SMILES string of the molecule is CCCC1CC1CCCCCNC. The molecule has 2 unspecified atom stereocenters. The van der Waals surface area contributed by atoms with Gasteiger partial charge in [0.15, 0.2) is 0 Å². The third-order valence-electron chi connectivity index (χ3n) is 3.23. The van der Waals surface area contributed by atoms with Crippen molar-refractivity contribution >= 4 is 0 Å². The zero-order valence-electron chi connectivity index (χ0n) is 9.31. The van der Waals surface area contributed by atoms with Crippen LogP contribution in [0.15, 0.2) is 0 Å². The third-order valence-corrected chi connectivity index (χ3v) is 3.23. The first-order valence-corrected chi connectivity index (χ1v) is 6.03. The molecule has 2 atom stereocenters. The highest BCUT2D eigenvalue weighted by molar-refractivity contribution is 4.85. The third kappa shape index (κ3) is 4.66. The molecule has 1 N–H and O–H groups in total. The highest BCUT2D eigenvalue weighted by atomic mass is 14.8. The van der Waals surface area contributed by atoms with Crippen molar-refractivity contribution in [2.45, 2.75) is 51.9 Å². The van der Waals surface area contributed by atoms with Gasteiger partial charge in [0.1, 0.15) is 0 Å². The Morgan fingerprint density at radius 2 is 1.85 bits per heavy atom. The molecule has 0 aromatic carbocycles. The Balaban J connectivity index is 1.80. The molecule has 13 heavy (non-hydrogen) atoms. The zero-order chi connectivity index (χ0) is 9.52. The summed E-state index contributed by atoms with van der Waals surface area (Å²) in [5, 5.41) is 3.20. The van der Waals surface area contributed by atoms with Crippen LogP contribution < -0.4 is 5.32 Å². The Bertz CT molecular complexity index is 122. The van der Waals surface area contributed by atoms with Crippen LogP contribution in [0, 0.1) is 11.8 Å². The van der Waals surface area contributed by atoms with E-state index in [0.717, 1.165) is 11.8 Å². The van der Waals surface area contributed by atoms with Crippen LogP contribution in [0.4, 0.5) is 0 Å². The average Bonchev–Trinajstić information content (AvgIpc) is 2.84. The quantitative estimate of drug-likeness (QED) is 0.570. The van der Waals surface area contributed by atoms with E-state index in [1.54, 1.807) is 6.42 Å². The maximum atomic E-state index is 3.20. The largest absolute Gasteiger partial charge is 0.320 e. The van der Waals surface area contributed by atoms with E-state index in [9.17, 15) is 0 Å². The van der Waals surface area contributed by atoms with E-state index in [4.69, 9.17) is 0 Å². The Labute approximate surface area is 83.3 Å². The molecule has 78 valence electrons. The van der Waals surface area contributed by atoms with Crippen LogP contribution in [-0.4, -0.2) is 13.6 Å². The van der Waals surface area contributed by atoms with Crippen LogP contribution in [-0.2, 0) is 0 Å². The van der Waals surface area contributed by atoms with Gasteiger partial charge < -0.3 is 5.32 Å². The summed E-state index contributed by atoms with van der Waals surface area (Å²) in [5.41, 5.74) is 0. The van der Waals surface area contributed by atoms with Gasteiger partial charge in [-0.2, -0.15) is 0 Å². The molecular formula is C12H25N. The van der Waals surface area contributed by atoms with Crippen molar-refractivity contribution in [2.24, 2.45) is 11.8 Å². The van der Waals surface area contributed by atoms with Crippen molar-refractivity contribution in [1.29, 1.82) is 0 Å². The molecule has 0 aromatic heterocycles. The first-order valence-electron chi connectivity index (χ1n) is 6.03. The number of hydrogen-bond donors (Lipinski definition) is 1. The van der Waals surface area contributed by atoms with E-state index in [2.05, 4.69) is 12.2 Å². The molecule has 0 saturated heterocycles. The van der Waals surface area contributed by atoms with Crippen LogP contribution in [0.25, 0.3) is 0 Å². The van der Waals surface area contributed by atoms with Crippen LogP contribution in [0.1, 0.15) is 51.9 Å². The van der Waals surface area contributed by atoms with Gasteiger partial charge in [-0.25, -0.2) is 0 Å². The second-order valence-corrected chi connectivity index (χ2v) is 4.50. The van der Waals surface area contributed by atoms with Crippen molar-refractivity contribution in [3.63, 3.8) is 0 Å². The minimum absolute atomic E-state index is 1.12. The summed E-state index contributed by atoms with van der Waals surface area (Å²) in [4.78, 5) is 0. The minimum Gasteiger partial charge on any atom is -0.320 e. The van der Waals surface area contributed by atoms with Gasteiger partial charge in [0.2, 0.25) is 0 Å². The van der Waals surface area contributed by atoms with Crippen molar-refractivity contribution in [1.82, 2.24) is 5.32 Å². The summed E-state index contributed by atoms with van der Waals surface area (Å²) in [7, 11) is 2.04. The smallest absolute Gasteiger partial charge is 0.00519 e. The molecule has 1 fully saturated rings. The maximum absolute atomic E-state index is 3.20. The number of nitrogens with one attached hydrogen (secondary N) is 1. The van der Waals surface area contributed by atoms with Gasteiger partial charge >= 0.3 is 0 Å². The highest BCUT2D eigenvalue weighted by Crippen LogP contribution is 2.45. The minimum atomic E-state index is 1.12. The van der Waals surface area contributed by atoms with E-state index in [1.165, 1.54) is 45.1 Å².